The number of nitro groups is 1. The van der Waals surface area contributed by atoms with E-state index in [1.165, 1.54) is 26.0 Å². The molecule has 4 N–H and O–H groups in total. The van der Waals surface area contributed by atoms with Gasteiger partial charge in [-0.25, -0.2) is 13.1 Å². The molecule has 130 valence electrons. The van der Waals surface area contributed by atoms with Gasteiger partial charge in [-0.05, 0) is 19.9 Å². The average molecular weight is 367 g/mol. The molecule has 0 atom stereocenters. The molecule has 9 nitrogen and oxygen atoms in total. The molecule has 0 heterocycles. The minimum absolute atomic E-state index is 0. The van der Waals surface area contributed by atoms with Crippen molar-refractivity contribution in [3.05, 3.63) is 34.4 Å². The summed E-state index contributed by atoms with van der Waals surface area (Å²) < 4.78 is 26.3. The number of hydrogen-bond acceptors (Lipinski definition) is 6. The third-order valence-electron chi connectivity index (χ3n) is 2.64. The fraction of sp³-hybridized carbons (Fsp3) is 0.417. The minimum Gasteiger partial charge on any atom is -0.353 e. The highest BCUT2D eigenvalue weighted by atomic mass is 35.5. The van der Waals surface area contributed by atoms with Gasteiger partial charge in [0.2, 0.25) is 15.9 Å². The smallest absolute Gasteiger partial charge is 0.289 e. The van der Waals surface area contributed by atoms with Gasteiger partial charge in [0.1, 0.15) is 0 Å². The fourth-order valence-corrected chi connectivity index (χ4v) is 2.70. The van der Waals surface area contributed by atoms with E-state index in [0.29, 0.717) is 0 Å². The molecule has 0 aliphatic heterocycles. The molecule has 0 aliphatic carbocycles. The summed E-state index contributed by atoms with van der Waals surface area (Å²) in [6.07, 6.45) is 0. The van der Waals surface area contributed by atoms with Crippen LogP contribution in [0.25, 0.3) is 0 Å². The molecule has 0 radical (unpaired) electrons. The van der Waals surface area contributed by atoms with Crippen LogP contribution in [0.4, 0.5) is 5.69 Å². The zero-order valence-electron chi connectivity index (χ0n) is 12.6. The van der Waals surface area contributed by atoms with Crippen molar-refractivity contribution in [2.24, 2.45) is 5.73 Å². The highest BCUT2D eigenvalue weighted by Crippen LogP contribution is 2.22. The van der Waals surface area contributed by atoms with Gasteiger partial charge >= 0.3 is 0 Å². The molecule has 0 aliphatic rings. The number of nitrogens with one attached hydrogen (secondary N) is 2. The highest BCUT2D eigenvalue weighted by Gasteiger charge is 2.25. The van der Waals surface area contributed by atoms with Crippen LogP contribution < -0.4 is 15.8 Å². The molecule has 0 fully saturated rings. The van der Waals surface area contributed by atoms with Crippen molar-refractivity contribution in [1.29, 1.82) is 0 Å². The van der Waals surface area contributed by atoms with Gasteiger partial charge in [0, 0.05) is 19.2 Å². The van der Waals surface area contributed by atoms with E-state index >= 15 is 0 Å². The number of carbonyl (C=O) groups is 1. The lowest BCUT2D eigenvalue weighted by Crippen LogP contribution is -2.50. The van der Waals surface area contributed by atoms with E-state index in [9.17, 15) is 23.3 Å². The lowest BCUT2D eigenvalue weighted by Gasteiger charge is -2.17. The van der Waals surface area contributed by atoms with E-state index in [1.807, 2.05) is 0 Å². The van der Waals surface area contributed by atoms with Crippen LogP contribution in [-0.2, 0) is 14.8 Å². The Morgan fingerprint density at radius 1 is 1.30 bits per heavy atom. The Labute approximate surface area is 140 Å². The number of nitrogens with zero attached hydrogens (tertiary/aromatic N) is 1. The van der Waals surface area contributed by atoms with Gasteiger partial charge in [-0.1, -0.05) is 12.1 Å². The van der Waals surface area contributed by atoms with Crippen molar-refractivity contribution in [2.45, 2.75) is 24.3 Å². The van der Waals surface area contributed by atoms with Gasteiger partial charge in [0.15, 0.2) is 4.90 Å². The van der Waals surface area contributed by atoms with Crippen molar-refractivity contribution < 1.29 is 18.1 Å². The maximum Gasteiger partial charge on any atom is 0.289 e. The van der Waals surface area contributed by atoms with E-state index < -0.39 is 37.0 Å². The van der Waals surface area contributed by atoms with E-state index in [1.54, 1.807) is 0 Å². The predicted octanol–water partition coefficient (Wildman–Crippen LogP) is 0.148. The topological polar surface area (TPSA) is 144 Å². The lowest BCUT2D eigenvalue weighted by atomic mass is 10.1. The molecule has 11 heteroatoms. The molecule has 0 aromatic heterocycles. The fourth-order valence-electron chi connectivity index (χ4n) is 1.50. The number of carbonyl (C=O) groups excluding carboxylic acids is 1. The van der Waals surface area contributed by atoms with Gasteiger partial charge < -0.3 is 11.1 Å². The van der Waals surface area contributed by atoms with Crippen molar-refractivity contribution in [3.63, 3.8) is 0 Å². The SMILES string of the molecule is CC(C)(N)C(=O)NCCNS(=O)(=O)c1ccccc1[N+](=O)[O-].Cl. The summed E-state index contributed by atoms with van der Waals surface area (Å²) >= 11 is 0. The number of halogens is 1. The average Bonchev–Trinajstić information content (AvgIpc) is 2.42. The first kappa shape index (κ1) is 21.2. The summed E-state index contributed by atoms with van der Waals surface area (Å²) in [5.74, 6) is -0.433. The molecule has 0 saturated carbocycles. The van der Waals surface area contributed by atoms with Crippen LogP contribution in [0.3, 0.4) is 0 Å². The molecule has 0 saturated heterocycles. The number of amides is 1. The number of para-hydroxylation sites is 1. The number of benzene rings is 1. The second-order valence-electron chi connectivity index (χ2n) is 5.10. The van der Waals surface area contributed by atoms with Crippen molar-refractivity contribution in [3.8, 4) is 0 Å². The monoisotopic (exact) mass is 366 g/mol. The van der Waals surface area contributed by atoms with E-state index in [4.69, 9.17) is 5.73 Å². The number of nitrogens with two attached hydrogens (primary N) is 1. The molecule has 0 unspecified atom stereocenters. The second kappa shape index (κ2) is 8.20. The third kappa shape index (κ3) is 6.10. The summed E-state index contributed by atoms with van der Waals surface area (Å²) in [4.78, 5) is 21.1. The van der Waals surface area contributed by atoms with Gasteiger partial charge in [-0.3, -0.25) is 14.9 Å². The summed E-state index contributed by atoms with van der Waals surface area (Å²) in [6, 6.07) is 5.01. The first-order valence-electron chi connectivity index (χ1n) is 6.36. The molecule has 23 heavy (non-hydrogen) atoms. The van der Waals surface area contributed by atoms with Crippen LogP contribution in [0.5, 0.6) is 0 Å². The Balaban J connectivity index is 0.00000484. The van der Waals surface area contributed by atoms with Gasteiger partial charge in [0.05, 0.1) is 10.5 Å². The number of sulfonamides is 1. The van der Waals surface area contributed by atoms with Gasteiger partial charge in [0.25, 0.3) is 5.69 Å². The summed E-state index contributed by atoms with van der Waals surface area (Å²) in [5.41, 5.74) is 3.98. The normalized spacial score (nSPS) is 11.4. The minimum atomic E-state index is -4.04. The molecular formula is C12H19ClN4O5S. The molecule has 1 rings (SSSR count). The first-order valence-corrected chi connectivity index (χ1v) is 7.84. The summed E-state index contributed by atoms with van der Waals surface area (Å²) in [5, 5.41) is 13.3. The van der Waals surface area contributed by atoms with E-state index in [2.05, 4.69) is 10.0 Å². The van der Waals surface area contributed by atoms with Crippen LogP contribution in [-0.4, -0.2) is 37.9 Å². The second-order valence-corrected chi connectivity index (χ2v) is 6.84. The molecule has 0 spiro atoms. The zero-order chi connectivity index (χ0) is 17.0. The molecule has 0 bridgehead atoms. The Kier molecular flexibility index (Phi) is 7.58. The Morgan fingerprint density at radius 3 is 2.39 bits per heavy atom. The highest BCUT2D eigenvalue weighted by molar-refractivity contribution is 7.89. The van der Waals surface area contributed by atoms with Crippen LogP contribution in [0, 0.1) is 10.1 Å². The van der Waals surface area contributed by atoms with E-state index in [0.717, 1.165) is 12.1 Å². The van der Waals surface area contributed by atoms with Crippen molar-refractivity contribution >= 4 is 34.0 Å². The van der Waals surface area contributed by atoms with Crippen molar-refractivity contribution in [1.82, 2.24) is 10.0 Å². The standard InChI is InChI=1S/C12H18N4O5S.ClH/c1-12(2,13)11(17)14-7-8-15-22(20,21)10-6-4-3-5-9(10)16(18)19;/h3-6,15H,7-8,13H2,1-2H3,(H,14,17);1H. The van der Waals surface area contributed by atoms with Gasteiger partial charge in [-0.15, -0.1) is 12.4 Å². The molecule has 1 aromatic carbocycles. The van der Waals surface area contributed by atoms with Crippen LogP contribution in [0.1, 0.15) is 13.8 Å². The third-order valence-corrected chi connectivity index (χ3v) is 4.15. The number of nitro benzene ring substituents is 1. The summed E-state index contributed by atoms with van der Waals surface area (Å²) in [7, 11) is -4.04. The molecular weight excluding hydrogens is 348 g/mol. The Hall–Kier alpha value is -1.75. The van der Waals surface area contributed by atoms with Gasteiger partial charge in [-0.2, -0.15) is 0 Å². The maximum absolute atomic E-state index is 12.0. The van der Waals surface area contributed by atoms with Crippen LogP contribution in [0.2, 0.25) is 0 Å². The predicted molar refractivity (Wildman–Crippen MR) is 86.8 cm³/mol. The Morgan fingerprint density at radius 2 is 1.87 bits per heavy atom. The first-order chi connectivity index (χ1) is 10.1. The Bertz CT molecular complexity index is 672. The lowest BCUT2D eigenvalue weighted by molar-refractivity contribution is -0.387. The maximum atomic E-state index is 12.0. The number of hydrogen-bond donors (Lipinski definition) is 3. The number of rotatable bonds is 7. The zero-order valence-corrected chi connectivity index (χ0v) is 14.2. The van der Waals surface area contributed by atoms with Crippen LogP contribution >= 0.6 is 12.4 Å². The quantitative estimate of drug-likeness (QED) is 0.356. The molecule has 1 amide bonds. The van der Waals surface area contributed by atoms with Crippen LogP contribution in [0.15, 0.2) is 29.2 Å². The largest absolute Gasteiger partial charge is 0.353 e. The summed E-state index contributed by atoms with van der Waals surface area (Å²) in [6.45, 7) is 2.93. The molecule has 1 aromatic rings. The van der Waals surface area contributed by atoms with E-state index in [-0.39, 0.29) is 25.5 Å². The van der Waals surface area contributed by atoms with Crippen molar-refractivity contribution in [2.75, 3.05) is 13.1 Å².